The number of carbonyl (C=O) groups excluding carboxylic acids is 2. The zero-order valence-corrected chi connectivity index (χ0v) is 9.96. The summed E-state index contributed by atoms with van der Waals surface area (Å²) in [6.07, 6.45) is 2.67. The number of esters is 1. The highest BCUT2D eigenvalue weighted by molar-refractivity contribution is 6.00. The predicted molar refractivity (Wildman–Crippen MR) is 64.5 cm³/mol. The first-order chi connectivity index (χ1) is 8.64. The number of rotatable bonds is 2. The van der Waals surface area contributed by atoms with Gasteiger partial charge in [-0.25, -0.2) is 0 Å². The van der Waals surface area contributed by atoms with Crippen molar-refractivity contribution in [2.45, 2.75) is 30.8 Å². The van der Waals surface area contributed by atoms with E-state index in [0.29, 0.717) is 0 Å². The Morgan fingerprint density at radius 3 is 2.44 bits per heavy atom. The normalized spacial score (nSPS) is 28.8. The fourth-order valence-corrected chi connectivity index (χ4v) is 3.14. The summed E-state index contributed by atoms with van der Waals surface area (Å²) in [6.45, 7) is 0. The van der Waals surface area contributed by atoms with Crippen LogP contribution in [0, 0.1) is 5.92 Å². The van der Waals surface area contributed by atoms with Gasteiger partial charge in [0.2, 0.25) is 5.91 Å². The Morgan fingerprint density at radius 1 is 1.28 bits per heavy atom. The van der Waals surface area contributed by atoms with E-state index in [1.165, 1.54) is 0 Å². The van der Waals surface area contributed by atoms with E-state index in [4.69, 9.17) is 10.5 Å². The Balaban J connectivity index is 2.06. The third kappa shape index (κ3) is 1.45. The molecule has 2 N–H and O–H groups in total. The lowest BCUT2D eigenvalue weighted by atomic mass is 9.66. The molecule has 1 aliphatic carbocycles. The van der Waals surface area contributed by atoms with Crippen LogP contribution in [-0.4, -0.2) is 17.5 Å². The highest BCUT2D eigenvalue weighted by Crippen LogP contribution is 2.54. The Kier molecular flexibility index (Phi) is 2.40. The van der Waals surface area contributed by atoms with E-state index in [2.05, 4.69) is 0 Å². The summed E-state index contributed by atoms with van der Waals surface area (Å²) in [5.74, 6) is -2.11. The molecule has 2 fully saturated rings. The standard InChI is InChI=1S/C14H15NO3/c15-12(16)10-11(9-5-2-1-3-6-9)14(7-4-8-14)18-13(10)17/h1-3,5-6,10-11H,4,7-8H2,(H2,15,16). The summed E-state index contributed by atoms with van der Waals surface area (Å²) in [5, 5.41) is 0. The van der Waals surface area contributed by atoms with Crippen LogP contribution < -0.4 is 5.73 Å². The molecule has 1 aliphatic heterocycles. The molecular weight excluding hydrogens is 230 g/mol. The zero-order chi connectivity index (χ0) is 12.8. The van der Waals surface area contributed by atoms with Gasteiger partial charge in [-0.15, -0.1) is 0 Å². The molecule has 4 heteroatoms. The van der Waals surface area contributed by atoms with Gasteiger partial charge in [-0.2, -0.15) is 0 Å². The van der Waals surface area contributed by atoms with Crippen molar-refractivity contribution in [3.05, 3.63) is 35.9 Å². The zero-order valence-electron chi connectivity index (χ0n) is 9.96. The first-order valence-electron chi connectivity index (χ1n) is 6.21. The highest BCUT2D eigenvalue weighted by Gasteiger charge is 2.60. The molecule has 1 spiro atoms. The molecule has 4 nitrogen and oxygen atoms in total. The van der Waals surface area contributed by atoms with Gasteiger partial charge in [-0.05, 0) is 24.8 Å². The third-order valence-corrected chi connectivity index (χ3v) is 4.12. The summed E-state index contributed by atoms with van der Waals surface area (Å²) in [4.78, 5) is 23.4. The SMILES string of the molecule is NC(=O)C1C(=O)OC2(CCC2)C1c1ccccc1. The number of hydrogen-bond donors (Lipinski definition) is 1. The van der Waals surface area contributed by atoms with Crippen LogP contribution in [0.2, 0.25) is 0 Å². The molecule has 0 radical (unpaired) electrons. The van der Waals surface area contributed by atoms with Gasteiger partial charge in [0.05, 0.1) is 0 Å². The maximum absolute atomic E-state index is 11.9. The largest absolute Gasteiger partial charge is 0.458 e. The summed E-state index contributed by atoms with van der Waals surface area (Å²) < 4.78 is 5.49. The van der Waals surface area contributed by atoms with Crippen molar-refractivity contribution >= 4 is 11.9 Å². The second kappa shape index (κ2) is 3.83. The third-order valence-electron chi connectivity index (χ3n) is 4.12. The molecule has 1 heterocycles. The van der Waals surface area contributed by atoms with Gasteiger partial charge in [-0.3, -0.25) is 9.59 Å². The summed E-state index contributed by atoms with van der Waals surface area (Å²) in [7, 11) is 0. The van der Waals surface area contributed by atoms with Crippen molar-refractivity contribution < 1.29 is 14.3 Å². The second-order valence-corrected chi connectivity index (χ2v) is 5.11. The average molecular weight is 245 g/mol. The molecule has 0 aromatic heterocycles. The Morgan fingerprint density at radius 2 is 1.94 bits per heavy atom. The van der Waals surface area contributed by atoms with Crippen molar-refractivity contribution in [2.75, 3.05) is 0 Å². The maximum atomic E-state index is 11.9. The van der Waals surface area contributed by atoms with Crippen LogP contribution in [0.25, 0.3) is 0 Å². The van der Waals surface area contributed by atoms with Crippen LogP contribution in [0.15, 0.2) is 30.3 Å². The van der Waals surface area contributed by atoms with Crippen LogP contribution in [0.3, 0.4) is 0 Å². The monoisotopic (exact) mass is 245 g/mol. The smallest absolute Gasteiger partial charge is 0.319 e. The molecule has 94 valence electrons. The summed E-state index contributed by atoms with van der Waals surface area (Å²) in [5.41, 5.74) is 5.85. The minimum atomic E-state index is -0.840. The Bertz CT molecular complexity index is 493. The van der Waals surface area contributed by atoms with Gasteiger partial charge in [0.15, 0.2) is 0 Å². The lowest BCUT2D eigenvalue weighted by Gasteiger charge is -2.41. The second-order valence-electron chi connectivity index (χ2n) is 5.11. The number of benzene rings is 1. The van der Waals surface area contributed by atoms with Crippen molar-refractivity contribution in [1.82, 2.24) is 0 Å². The highest BCUT2D eigenvalue weighted by atomic mass is 16.6. The minimum absolute atomic E-state index is 0.225. The molecule has 1 saturated heterocycles. The van der Waals surface area contributed by atoms with E-state index in [1.807, 2.05) is 30.3 Å². The number of amides is 1. The number of carbonyl (C=O) groups is 2. The van der Waals surface area contributed by atoms with E-state index in [-0.39, 0.29) is 5.92 Å². The van der Waals surface area contributed by atoms with Gasteiger partial charge < -0.3 is 10.5 Å². The van der Waals surface area contributed by atoms with E-state index in [0.717, 1.165) is 24.8 Å². The molecule has 2 unspecified atom stereocenters. The van der Waals surface area contributed by atoms with Crippen molar-refractivity contribution in [2.24, 2.45) is 11.7 Å². The Labute approximate surface area is 105 Å². The van der Waals surface area contributed by atoms with Crippen molar-refractivity contribution in [3.63, 3.8) is 0 Å². The van der Waals surface area contributed by atoms with Crippen molar-refractivity contribution in [3.8, 4) is 0 Å². The predicted octanol–water partition coefficient (Wildman–Crippen LogP) is 1.35. The fourth-order valence-electron chi connectivity index (χ4n) is 3.14. The van der Waals surface area contributed by atoms with Gasteiger partial charge in [0.1, 0.15) is 11.5 Å². The van der Waals surface area contributed by atoms with Crippen LogP contribution in [0.4, 0.5) is 0 Å². The van der Waals surface area contributed by atoms with Crippen LogP contribution in [-0.2, 0) is 14.3 Å². The number of ether oxygens (including phenoxy) is 1. The minimum Gasteiger partial charge on any atom is -0.458 e. The fraction of sp³-hybridized carbons (Fsp3) is 0.429. The number of primary amides is 1. The summed E-state index contributed by atoms with van der Waals surface area (Å²) >= 11 is 0. The van der Waals surface area contributed by atoms with Gasteiger partial charge in [-0.1, -0.05) is 30.3 Å². The maximum Gasteiger partial charge on any atom is 0.319 e. The molecule has 1 aromatic rings. The molecule has 2 aliphatic rings. The van der Waals surface area contributed by atoms with Crippen LogP contribution in [0.5, 0.6) is 0 Å². The van der Waals surface area contributed by atoms with Gasteiger partial charge in [0, 0.05) is 5.92 Å². The molecule has 0 bridgehead atoms. The quantitative estimate of drug-likeness (QED) is 0.631. The molecular formula is C14H15NO3. The van der Waals surface area contributed by atoms with Gasteiger partial charge in [0.25, 0.3) is 0 Å². The number of nitrogens with two attached hydrogens (primary N) is 1. The lowest BCUT2D eigenvalue weighted by molar-refractivity contribution is -0.157. The topological polar surface area (TPSA) is 69.4 Å². The van der Waals surface area contributed by atoms with Crippen molar-refractivity contribution in [1.29, 1.82) is 0 Å². The van der Waals surface area contributed by atoms with E-state index < -0.39 is 23.4 Å². The molecule has 1 aromatic carbocycles. The first kappa shape index (κ1) is 11.3. The van der Waals surface area contributed by atoms with E-state index >= 15 is 0 Å². The number of hydrogen-bond acceptors (Lipinski definition) is 3. The van der Waals surface area contributed by atoms with E-state index in [1.54, 1.807) is 0 Å². The molecule has 1 amide bonds. The molecule has 2 atom stereocenters. The summed E-state index contributed by atoms with van der Waals surface area (Å²) in [6, 6.07) is 9.59. The molecule has 3 rings (SSSR count). The first-order valence-corrected chi connectivity index (χ1v) is 6.21. The van der Waals surface area contributed by atoms with Crippen LogP contribution >= 0.6 is 0 Å². The van der Waals surface area contributed by atoms with Crippen LogP contribution in [0.1, 0.15) is 30.7 Å². The lowest BCUT2D eigenvalue weighted by Crippen LogP contribution is -2.43. The molecule has 1 saturated carbocycles. The van der Waals surface area contributed by atoms with Gasteiger partial charge >= 0.3 is 5.97 Å². The average Bonchev–Trinajstić information content (AvgIpc) is 2.64. The van der Waals surface area contributed by atoms with E-state index in [9.17, 15) is 9.59 Å². The molecule has 18 heavy (non-hydrogen) atoms. The Hall–Kier alpha value is -1.84.